The summed E-state index contributed by atoms with van der Waals surface area (Å²) < 4.78 is 0. The van der Waals surface area contributed by atoms with Crippen LogP contribution in [0.4, 0.5) is 11.6 Å². The Balaban J connectivity index is 2.17. The number of aromatic nitrogens is 2. The van der Waals surface area contributed by atoms with Gasteiger partial charge in [0.05, 0.1) is 12.6 Å². The van der Waals surface area contributed by atoms with Gasteiger partial charge in [-0.15, -0.1) is 0 Å². The first kappa shape index (κ1) is 13.5. The van der Waals surface area contributed by atoms with Crippen LogP contribution in [0.25, 0.3) is 0 Å². The molecule has 1 unspecified atom stereocenters. The third-order valence-electron chi connectivity index (χ3n) is 3.28. The molecule has 19 heavy (non-hydrogen) atoms. The molecule has 7 nitrogen and oxygen atoms in total. The van der Waals surface area contributed by atoms with Crippen LogP contribution in [0.15, 0.2) is 12.4 Å². The van der Waals surface area contributed by atoms with Crippen LogP contribution >= 0.6 is 0 Å². The number of hydrogen-bond donors (Lipinski definition) is 2. The van der Waals surface area contributed by atoms with Crippen LogP contribution in [-0.4, -0.2) is 58.9 Å². The predicted molar refractivity (Wildman–Crippen MR) is 70.4 cm³/mol. The Morgan fingerprint density at radius 1 is 1.58 bits per heavy atom. The number of rotatable bonds is 5. The van der Waals surface area contributed by atoms with Crippen LogP contribution in [0.1, 0.15) is 12.8 Å². The maximum absolute atomic E-state index is 10.7. The van der Waals surface area contributed by atoms with Crippen molar-refractivity contribution < 1.29 is 15.0 Å². The quantitative estimate of drug-likeness (QED) is 0.772. The summed E-state index contributed by atoms with van der Waals surface area (Å²) in [7, 11) is 1.67. The van der Waals surface area contributed by atoms with Gasteiger partial charge >= 0.3 is 5.97 Å². The molecule has 1 aromatic rings. The number of carbonyl (C=O) groups is 1. The molecule has 0 spiro atoms. The summed E-state index contributed by atoms with van der Waals surface area (Å²) in [6.07, 6.45) is 3.39. The Bertz CT molecular complexity index is 454. The molecular formula is C12H18N4O3. The maximum atomic E-state index is 10.7. The molecule has 2 N–H and O–H groups in total. The van der Waals surface area contributed by atoms with Crippen LogP contribution in [0.5, 0.6) is 0 Å². The van der Waals surface area contributed by atoms with Crippen molar-refractivity contribution >= 4 is 17.6 Å². The number of carboxylic acids is 1. The molecule has 2 heterocycles. The van der Waals surface area contributed by atoms with Gasteiger partial charge in [-0.05, 0) is 12.8 Å². The number of aliphatic hydroxyl groups excluding tert-OH is 1. The Morgan fingerprint density at radius 2 is 2.37 bits per heavy atom. The topological polar surface area (TPSA) is 89.8 Å². The molecule has 1 aliphatic heterocycles. The van der Waals surface area contributed by atoms with Gasteiger partial charge in [-0.1, -0.05) is 0 Å². The van der Waals surface area contributed by atoms with E-state index in [1.165, 1.54) is 6.33 Å². The lowest BCUT2D eigenvalue weighted by Crippen LogP contribution is -2.33. The number of likely N-dealkylation sites (N-methyl/N-ethyl adjacent to an activating group) is 1. The molecule has 0 aromatic carbocycles. The third-order valence-corrected chi connectivity index (χ3v) is 3.28. The van der Waals surface area contributed by atoms with Crippen molar-refractivity contribution in [1.29, 1.82) is 0 Å². The fourth-order valence-electron chi connectivity index (χ4n) is 2.31. The van der Waals surface area contributed by atoms with Crippen molar-refractivity contribution in [3.05, 3.63) is 12.4 Å². The first-order valence-corrected chi connectivity index (χ1v) is 6.24. The molecule has 7 heteroatoms. The molecule has 1 aliphatic rings. The van der Waals surface area contributed by atoms with E-state index in [-0.39, 0.29) is 19.2 Å². The van der Waals surface area contributed by atoms with E-state index < -0.39 is 5.97 Å². The summed E-state index contributed by atoms with van der Waals surface area (Å²) in [4.78, 5) is 22.6. The fraction of sp³-hybridized carbons (Fsp3) is 0.583. The molecule has 0 aliphatic carbocycles. The lowest BCUT2D eigenvalue weighted by Gasteiger charge is -2.25. The number of aliphatic hydroxyl groups is 1. The Labute approximate surface area is 111 Å². The van der Waals surface area contributed by atoms with Gasteiger partial charge in [-0.2, -0.15) is 0 Å². The van der Waals surface area contributed by atoms with Crippen molar-refractivity contribution in [3.8, 4) is 0 Å². The van der Waals surface area contributed by atoms with Crippen LogP contribution in [0, 0.1) is 0 Å². The van der Waals surface area contributed by atoms with Crippen LogP contribution in [-0.2, 0) is 4.79 Å². The Morgan fingerprint density at radius 3 is 3.05 bits per heavy atom. The Hall–Kier alpha value is -1.89. The minimum absolute atomic E-state index is 0.0903. The SMILES string of the molecule is CN(CC(=O)O)c1cc(N2CCCC2CO)ncn1. The van der Waals surface area contributed by atoms with E-state index in [1.54, 1.807) is 18.0 Å². The van der Waals surface area contributed by atoms with E-state index >= 15 is 0 Å². The van der Waals surface area contributed by atoms with Crippen LogP contribution in [0.3, 0.4) is 0 Å². The lowest BCUT2D eigenvalue weighted by atomic mass is 10.2. The van der Waals surface area contributed by atoms with Gasteiger partial charge in [0, 0.05) is 19.7 Å². The summed E-state index contributed by atoms with van der Waals surface area (Å²) in [6.45, 7) is 0.842. The molecule has 1 saturated heterocycles. The van der Waals surface area contributed by atoms with Crippen molar-refractivity contribution in [2.75, 3.05) is 36.5 Å². The van der Waals surface area contributed by atoms with Gasteiger partial charge in [0.2, 0.25) is 0 Å². The average molecular weight is 266 g/mol. The van der Waals surface area contributed by atoms with Gasteiger partial charge in [0.15, 0.2) is 0 Å². The van der Waals surface area contributed by atoms with E-state index in [2.05, 4.69) is 9.97 Å². The van der Waals surface area contributed by atoms with Crippen LogP contribution in [0.2, 0.25) is 0 Å². The highest BCUT2D eigenvalue weighted by atomic mass is 16.4. The second-order valence-corrected chi connectivity index (χ2v) is 4.66. The maximum Gasteiger partial charge on any atom is 0.323 e. The van der Waals surface area contributed by atoms with Crippen LogP contribution < -0.4 is 9.80 Å². The van der Waals surface area contributed by atoms with Crippen molar-refractivity contribution in [1.82, 2.24) is 9.97 Å². The third kappa shape index (κ3) is 3.11. The van der Waals surface area contributed by atoms with Crippen molar-refractivity contribution in [3.63, 3.8) is 0 Å². The fourth-order valence-corrected chi connectivity index (χ4v) is 2.31. The molecule has 1 atom stereocenters. The van der Waals surface area contributed by atoms with Gasteiger partial charge in [0.25, 0.3) is 0 Å². The van der Waals surface area contributed by atoms with E-state index in [4.69, 9.17) is 5.11 Å². The zero-order chi connectivity index (χ0) is 13.8. The van der Waals surface area contributed by atoms with E-state index in [0.717, 1.165) is 25.2 Å². The highest BCUT2D eigenvalue weighted by Crippen LogP contribution is 2.25. The molecule has 0 radical (unpaired) electrons. The number of anilines is 2. The highest BCUT2D eigenvalue weighted by Gasteiger charge is 2.25. The standard InChI is InChI=1S/C12H18N4O3/c1-15(6-12(18)19)10-5-11(14-8-13-10)16-4-2-3-9(16)7-17/h5,8-9,17H,2-4,6-7H2,1H3,(H,18,19). The van der Waals surface area contributed by atoms with Crippen molar-refractivity contribution in [2.24, 2.45) is 0 Å². The predicted octanol–water partition coefficient (Wildman–Crippen LogP) is -0.0415. The summed E-state index contributed by atoms with van der Waals surface area (Å²) in [5, 5.41) is 18.1. The summed E-state index contributed by atoms with van der Waals surface area (Å²) >= 11 is 0. The smallest absolute Gasteiger partial charge is 0.323 e. The minimum Gasteiger partial charge on any atom is -0.480 e. The molecule has 104 valence electrons. The summed E-state index contributed by atoms with van der Waals surface area (Å²) in [5.74, 6) is 0.395. The zero-order valence-electron chi connectivity index (χ0n) is 10.9. The average Bonchev–Trinajstić information content (AvgIpc) is 2.86. The first-order valence-electron chi connectivity index (χ1n) is 6.24. The van der Waals surface area contributed by atoms with Gasteiger partial charge in [-0.25, -0.2) is 9.97 Å². The lowest BCUT2D eigenvalue weighted by molar-refractivity contribution is -0.135. The van der Waals surface area contributed by atoms with Gasteiger partial charge in [-0.3, -0.25) is 4.79 Å². The monoisotopic (exact) mass is 266 g/mol. The molecule has 0 saturated carbocycles. The van der Waals surface area contributed by atoms with E-state index in [9.17, 15) is 9.90 Å². The first-order chi connectivity index (χ1) is 9.11. The second kappa shape index (κ2) is 5.83. The van der Waals surface area contributed by atoms with E-state index in [0.29, 0.717) is 5.82 Å². The summed E-state index contributed by atoms with van der Waals surface area (Å²) in [6, 6.07) is 1.85. The minimum atomic E-state index is -0.905. The number of nitrogens with zero attached hydrogens (tertiary/aromatic N) is 4. The van der Waals surface area contributed by atoms with Gasteiger partial charge in [0.1, 0.15) is 24.5 Å². The van der Waals surface area contributed by atoms with E-state index in [1.807, 2.05) is 4.90 Å². The number of hydrogen-bond acceptors (Lipinski definition) is 6. The normalized spacial score (nSPS) is 18.6. The summed E-state index contributed by atoms with van der Waals surface area (Å²) in [5.41, 5.74) is 0. The highest BCUT2D eigenvalue weighted by molar-refractivity contribution is 5.73. The van der Waals surface area contributed by atoms with Gasteiger partial charge < -0.3 is 20.0 Å². The van der Waals surface area contributed by atoms with Crippen molar-refractivity contribution in [2.45, 2.75) is 18.9 Å². The number of carboxylic acid groups (broad SMARTS) is 1. The molecule has 1 aromatic heterocycles. The largest absolute Gasteiger partial charge is 0.480 e. The zero-order valence-corrected chi connectivity index (χ0v) is 10.9. The second-order valence-electron chi connectivity index (χ2n) is 4.66. The molecule has 0 bridgehead atoms. The Kier molecular flexibility index (Phi) is 4.16. The molecule has 0 amide bonds. The molecule has 2 rings (SSSR count). The molecular weight excluding hydrogens is 248 g/mol. The molecule has 1 fully saturated rings. The number of aliphatic carboxylic acids is 1.